The highest BCUT2D eigenvalue weighted by Crippen LogP contribution is 2.40. The first-order valence-corrected chi connectivity index (χ1v) is 13.2. The standard InChI is InChI=1S/C28H38ClN3O5/c1-20-18-26(31-24-8-6-23(29)7-9-24)25-19-22(5-10-27(25)32(20)21(2)33)28(34)4-3-12-35-14-16-37-17-15-36-13-11-30/h5-10,19-20,26,31H,3-4,11-18,30H2,1-2H3/t20-,26+/m0/s1. The molecule has 0 spiro atoms. The van der Waals surface area contributed by atoms with Crippen molar-refractivity contribution in [2.24, 2.45) is 5.73 Å². The molecule has 202 valence electrons. The second-order valence-electron chi connectivity index (χ2n) is 9.10. The first-order chi connectivity index (χ1) is 17.9. The number of halogens is 1. The lowest BCUT2D eigenvalue weighted by atomic mass is 9.89. The predicted molar refractivity (Wildman–Crippen MR) is 147 cm³/mol. The maximum atomic E-state index is 13.0. The molecule has 1 aliphatic rings. The molecule has 3 rings (SSSR count). The zero-order chi connectivity index (χ0) is 26.6. The van der Waals surface area contributed by atoms with Crippen LogP contribution >= 0.6 is 11.6 Å². The number of ketones is 1. The number of Topliss-reactive ketones (excluding diaryl/α,β-unsaturated/α-hetero) is 1. The SMILES string of the molecule is CC(=O)N1c2ccc(C(=O)CCCOCCOCCOCCN)cc2[C@H](Nc2ccc(Cl)cc2)C[C@@H]1C. The largest absolute Gasteiger partial charge is 0.379 e. The number of anilines is 2. The lowest BCUT2D eigenvalue weighted by Crippen LogP contribution is -2.43. The Balaban J connectivity index is 1.56. The normalized spacial score (nSPS) is 16.9. The van der Waals surface area contributed by atoms with Gasteiger partial charge in [0.05, 0.1) is 39.1 Å². The molecule has 1 aliphatic heterocycles. The topological polar surface area (TPSA) is 103 Å². The third-order valence-corrected chi connectivity index (χ3v) is 6.48. The van der Waals surface area contributed by atoms with Crippen LogP contribution in [0.4, 0.5) is 11.4 Å². The molecule has 0 radical (unpaired) electrons. The van der Waals surface area contributed by atoms with E-state index in [1.165, 1.54) is 0 Å². The van der Waals surface area contributed by atoms with Crippen LogP contribution in [0, 0.1) is 0 Å². The highest BCUT2D eigenvalue weighted by atomic mass is 35.5. The Morgan fingerprint density at radius 3 is 2.30 bits per heavy atom. The number of fused-ring (bicyclic) bond motifs is 1. The second kappa shape index (κ2) is 15.1. The second-order valence-corrected chi connectivity index (χ2v) is 9.54. The fourth-order valence-electron chi connectivity index (χ4n) is 4.51. The maximum Gasteiger partial charge on any atom is 0.224 e. The van der Waals surface area contributed by atoms with Gasteiger partial charge in [-0.25, -0.2) is 0 Å². The molecule has 3 N–H and O–H groups in total. The van der Waals surface area contributed by atoms with Gasteiger partial charge in [-0.05, 0) is 67.8 Å². The molecular weight excluding hydrogens is 494 g/mol. The summed E-state index contributed by atoms with van der Waals surface area (Å²) < 4.78 is 16.2. The molecular formula is C28H38ClN3O5. The van der Waals surface area contributed by atoms with Crippen molar-refractivity contribution in [3.05, 3.63) is 58.6 Å². The van der Waals surface area contributed by atoms with E-state index in [2.05, 4.69) is 5.32 Å². The molecule has 0 aliphatic carbocycles. The van der Waals surface area contributed by atoms with E-state index >= 15 is 0 Å². The van der Waals surface area contributed by atoms with Crippen LogP contribution in [-0.2, 0) is 19.0 Å². The number of carbonyl (C=O) groups excluding carboxylic acids is 2. The summed E-state index contributed by atoms with van der Waals surface area (Å²) in [4.78, 5) is 27.2. The van der Waals surface area contributed by atoms with Crippen LogP contribution in [0.5, 0.6) is 0 Å². The third-order valence-electron chi connectivity index (χ3n) is 6.23. The number of amides is 1. The number of hydrogen-bond donors (Lipinski definition) is 2. The molecule has 2 aromatic rings. The number of nitrogens with one attached hydrogen (secondary N) is 1. The van der Waals surface area contributed by atoms with Crippen LogP contribution in [0.2, 0.25) is 5.02 Å². The van der Waals surface area contributed by atoms with E-state index in [0.29, 0.717) is 69.6 Å². The number of rotatable bonds is 15. The van der Waals surface area contributed by atoms with E-state index in [4.69, 9.17) is 31.5 Å². The van der Waals surface area contributed by atoms with Crippen molar-refractivity contribution in [1.29, 1.82) is 0 Å². The lowest BCUT2D eigenvalue weighted by molar-refractivity contribution is -0.117. The molecule has 0 bridgehead atoms. The van der Waals surface area contributed by atoms with Gasteiger partial charge in [0.25, 0.3) is 0 Å². The quantitative estimate of drug-likeness (QED) is 0.255. The minimum atomic E-state index is -0.0430. The first-order valence-electron chi connectivity index (χ1n) is 12.8. The molecule has 8 nitrogen and oxygen atoms in total. The van der Waals surface area contributed by atoms with Crippen LogP contribution in [-0.4, -0.2) is 63.9 Å². The minimum absolute atomic E-state index is 0.0121. The molecule has 0 saturated heterocycles. The van der Waals surface area contributed by atoms with Crippen LogP contribution in [0.15, 0.2) is 42.5 Å². The van der Waals surface area contributed by atoms with E-state index in [1.54, 1.807) is 6.92 Å². The van der Waals surface area contributed by atoms with Gasteiger partial charge in [0, 0.05) is 54.5 Å². The number of hydrogen-bond acceptors (Lipinski definition) is 7. The molecule has 2 aromatic carbocycles. The van der Waals surface area contributed by atoms with Gasteiger partial charge < -0.3 is 30.2 Å². The van der Waals surface area contributed by atoms with Gasteiger partial charge in [-0.3, -0.25) is 9.59 Å². The number of nitrogens with zero attached hydrogens (tertiary/aromatic N) is 1. The van der Waals surface area contributed by atoms with E-state index < -0.39 is 0 Å². The van der Waals surface area contributed by atoms with Gasteiger partial charge in [0.15, 0.2) is 5.78 Å². The minimum Gasteiger partial charge on any atom is -0.379 e. The van der Waals surface area contributed by atoms with Crippen LogP contribution in [0.3, 0.4) is 0 Å². The van der Waals surface area contributed by atoms with Crippen molar-refractivity contribution in [3.8, 4) is 0 Å². The number of benzene rings is 2. The van der Waals surface area contributed by atoms with Gasteiger partial charge in [-0.2, -0.15) is 0 Å². The average Bonchev–Trinajstić information content (AvgIpc) is 2.88. The summed E-state index contributed by atoms with van der Waals surface area (Å²) in [5.41, 5.74) is 8.71. The monoisotopic (exact) mass is 531 g/mol. The zero-order valence-electron chi connectivity index (χ0n) is 21.7. The summed E-state index contributed by atoms with van der Waals surface area (Å²) in [6.45, 7) is 7.13. The average molecular weight is 532 g/mol. The Morgan fingerprint density at radius 1 is 1.00 bits per heavy atom. The number of ether oxygens (including phenoxy) is 3. The Bertz CT molecular complexity index is 1020. The summed E-state index contributed by atoms with van der Waals surface area (Å²) in [5, 5.41) is 4.23. The Morgan fingerprint density at radius 2 is 1.65 bits per heavy atom. The van der Waals surface area contributed by atoms with Crippen molar-refractivity contribution >= 4 is 34.7 Å². The van der Waals surface area contributed by atoms with Gasteiger partial charge >= 0.3 is 0 Å². The van der Waals surface area contributed by atoms with Gasteiger partial charge in [-0.15, -0.1) is 0 Å². The molecule has 0 aromatic heterocycles. The number of carbonyl (C=O) groups is 2. The molecule has 1 amide bonds. The lowest BCUT2D eigenvalue weighted by Gasteiger charge is -2.39. The summed E-state index contributed by atoms with van der Waals surface area (Å²) >= 11 is 6.04. The first kappa shape index (κ1) is 29.1. The van der Waals surface area contributed by atoms with E-state index in [1.807, 2.05) is 54.3 Å². The van der Waals surface area contributed by atoms with E-state index in [9.17, 15) is 9.59 Å². The van der Waals surface area contributed by atoms with Crippen molar-refractivity contribution in [1.82, 2.24) is 0 Å². The van der Waals surface area contributed by atoms with E-state index in [-0.39, 0.29) is 23.8 Å². The summed E-state index contributed by atoms with van der Waals surface area (Å²) in [6.07, 6.45) is 1.73. The molecule has 0 unspecified atom stereocenters. The van der Waals surface area contributed by atoms with Crippen molar-refractivity contribution < 1.29 is 23.8 Å². The molecule has 1 heterocycles. The predicted octanol–water partition coefficient (Wildman–Crippen LogP) is 4.61. The molecule has 0 fully saturated rings. The van der Waals surface area contributed by atoms with E-state index in [0.717, 1.165) is 23.4 Å². The maximum absolute atomic E-state index is 13.0. The zero-order valence-corrected chi connectivity index (χ0v) is 22.5. The summed E-state index contributed by atoms with van der Waals surface area (Å²) in [7, 11) is 0. The molecule has 2 atom stereocenters. The molecule has 0 saturated carbocycles. The Labute approximate surface area is 224 Å². The molecule has 37 heavy (non-hydrogen) atoms. The van der Waals surface area contributed by atoms with Crippen LogP contribution in [0.25, 0.3) is 0 Å². The Hall–Kier alpha value is -2.49. The highest BCUT2D eigenvalue weighted by molar-refractivity contribution is 6.30. The van der Waals surface area contributed by atoms with Gasteiger partial charge in [0.2, 0.25) is 5.91 Å². The van der Waals surface area contributed by atoms with Crippen LogP contribution < -0.4 is 16.0 Å². The van der Waals surface area contributed by atoms with Crippen molar-refractivity contribution in [2.45, 2.75) is 45.2 Å². The summed E-state index contributed by atoms with van der Waals surface area (Å²) in [5.74, 6) is 0.0416. The van der Waals surface area contributed by atoms with Gasteiger partial charge in [-0.1, -0.05) is 11.6 Å². The fourth-order valence-corrected chi connectivity index (χ4v) is 4.63. The highest BCUT2D eigenvalue weighted by Gasteiger charge is 2.33. The summed E-state index contributed by atoms with van der Waals surface area (Å²) in [6, 6.07) is 13.1. The smallest absolute Gasteiger partial charge is 0.224 e. The number of nitrogens with two attached hydrogens (primary N) is 1. The fraction of sp³-hybridized carbons (Fsp3) is 0.500. The van der Waals surface area contributed by atoms with Gasteiger partial charge in [0.1, 0.15) is 0 Å². The van der Waals surface area contributed by atoms with Crippen molar-refractivity contribution in [3.63, 3.8) is 0 Å². The van der Waals surface area contributed by atoms with Crippen molar-refractivity contribution in [2.75, 3.05) is 56.4 Å². The third kappa shape index (κ3) is 8.79. The Kier molecular flexibility index (Phi) is 11.8. The van der Waals surface area contributed by atoms with Crippen LogP contribution in [0.1, 0.15) is 55.1 Å². The molecule has 9 heteroatoms.